The lowest BCUT2D eigenvalue weighted by Gasteiger charge is -2.25. The van der Waals surface area contributed by atoms with Gasteiger partial charge in [0.1, 0.15) is 11.6 Å². The summed E-state index contributed by atoms with van der Waals surface area (Å²) in [6.45, 7) is 4.33. The smallest absolute Gasteiger partial charge is 0.136 e. The maximum atomic E-state index is 9.66. The van der Waals surface area contributed by atoms with Crippen LogP contribution in [0, 0.1) is 6.92 Å². The molecule has 0 bridgehead atoms. The number of hydrogen-bond acceptors (Lipinski definition) is 4. The van der Waals surface area contributed by atoms with E-state index in [0.29, 0.717) is 6.61 Å². The lowest BCUT2D eigenvalue weighted by Crippen LogP contribution is -2.18. The maximum Gasteiger partial charge on any atom is 0.136 e. The normalized spacial score (nSPS) is 19.1. The summed E-state index contributed by atoms with van der Waals surface area (Å²) in [6.07, 6.45) is 2.08. The molecule has 2 aromatic rings. The second-order valence-electron chi connectivity index (χ2n) is 5.17. The molecule has 0 saturated heterocycles. The summed E-state index contributed by atoms with van der Waals surface area (Å²) in [5.74, 6) is 1.90. The summed E-state index contributed by atoms with van der Waals surface area (Å²) < 4.78 is 5.67. The van der Waals surface area contributed by atoms with Crippen molar-refractivity contribution in [2.24, 2.45) is 0 Å². The molecule has 0 saturated carbocycles. The molecule has 0 spiro atoms. The van der Waals surface area contributed by atoms with Crippen LogP contribution < -0.4 is 4.74 Å². The van der Waals surface area contributed by atoms with Gasteiger partial charge in [0.2, 0.25) is 0 Å². The zero-order valence-electron chi connectivity index (χ0n) is 11.7. The first-order valence-corrected chi connectivity index (χ1v) is 6.90. The number of fused-ring (bicyclic) bond motifs is 1. The van der Waals surface area contributed by atoms with Crippen molar-refractivity contribution in [3.63, 3.8) is 0 Å². The van der Waals surface area contributed by atoms with Crippen molar-refractivity contribution in [1.29, 1.82) is 0 Å². The van der Waals surface area contributed by atoms with Crippen molar-refractivity contribution in [3.8, 4) is 5.75 Å². The number of aromatic nitrogens is 2. The van der Waals surface area contributed by atoms with Gasteiger partial charge < -0.3 is 9.84 Å². The van der Waals surface area contributed by atoms with Crippen molar-refractivity contribution in [1.82, 2.24) is 9.97 Å². The molecule has 1 aliphatic heterocycles. The molecule has 0 aliphatic carbocycles. The summed E-state index contributed by atoms with van der Waals surface area (Å²) in [4.78, 5) is 9.05. The molecule has 0 amide bonds. The van der Waals surface area contributed by atoms with Gasteiger partial charge >= 0.3 is 0 Å². The van der Waals surface area contributed by atoms with E-state index >= 15 is 0 Å². The van der Waals surface area contributed by atoms with Crippen LogP contribution in [-0.2, 0) is 0 Å². The fourth-order valence-corrected chi connectivity index (χ4v) is 2.68. The Kier molecular flexibility index (Phi) is 3.40. The van der Waals surface area contributed by atoms with Crippen LogP contribution in [-0.4, -0.2) is 21.7 Å². The van der Waals surface area contributed by atoms with Crippen LogP contribution in [0.1, 0.15) is 48.0 Å². The molecule has 20 heavy (non-hydrogen) atoms. The Morgan fingerprint density at radius 2 is 2.15 bits per heavy atom. The lowest BCUT2D eigenvalue weighted by atomic mass is 9.92. The Bertz CT molecular complexity index is 626. The monoisotopic (exact) mass is 270 g/mol. The Balaban J connectivity index is 2.00. The number of ether oxygens (including phenoxy) is 1. The van der Waals surface area contributed by atoms with Gasteiger partial charge in [-0.1, -0.05) is 18.2 Å². The van der Waals surface area contributed by atoms with Crippen molar-refractivity contribution in [2.75, 3.05) is 6.61 Å². The van der Waals surface area contributed by atoms with E-state index in [1.165, 1.54) is 0 Å². The molecule has 0 fully saturated rings. The highest BCUT2D eigenvalue weighted by atomic mass is 16.5. The number of nitrogens with zero attached hydrogens (tertiary/aromatic N) is 2. The molecule has 1 N–H and O–H groups in total. The fourth-order valence-electron chi connectivity index (χ4n) is 2.68. The third kappa shape index (κ3) is 2.27. The summed E-state index contributed by atoms with van der Waals surface area (Å²) in [6, 6.07) is 8.04. The molecule has 4 heteroatoms. The van der Waals surface area contributed by atoms with E-state index in [1.807, 2.05) is 25.1 Å². The van der Waals surface area contributed by atoms with E-state index in [0.717, 1.165) is 34.8 Å². The molecular formula is C16H18N2O2. The zero-order valence-corrected chi connectivity index (χ0v) is 11.7. The predicted molar refractivity (Wildman–Crippen MR) is 75.8 cm³/mol. The number of aryl methyl sites for hydroxylation is 1. The minimum Gasteiger partial charge on any atom is -0.493 e. The molecule has 3 rings (SSSR count). The van der Waals surface area contributed by atoms with Crippen LogP contribution in [0.25, 0.3) is 0 Å². The minimum absolute atomic E-state index is 0.168. The second-order valence-corrected chi connectivity index (χ2v) is 5.17. The van der Waals surface area contributed by atoms with Crippen LogP contribution >= 0.6 is 0 Å². The van der Waals surface area contributed by atoms with Gasteiger partial charge in [-0.2, -0.15) is 0 Å². The lowest BCUT2D eigenvalue weighted by molar-refractivity contribution is 0.197. The van der Waals surface area contributed by atoms with Gasteiger partial charge in [0, 0.05) is 23.0 Å². The van der Waals surface area contributed by atoms with Gasteiger partial charge in [-0.25, -0.2) is 9.97 Å². The Morgan fingerprint density at radius 1 is 1.35 bits per heavy atom. The van der Waals surface area contributed by atoms with Gasteiger partial charge in [0.15, 0.2) is 0 Å². The predicted octanol–water partition coefficient (Wildman–Crippen LogP) is 2.75. The molecule has 1 unspecified atom stereocenters. The number of para-hydroxylation sites is 1. The Labute approximate surface area is 118 Å². The quantitative estimate of drug-likeness (QED) is 0.911. The van der Waals surface area contributed by atoms with Crippen molar-refractivity contribution >= 4 is 0 Å². The standard InChI is InChI=1S/C16H18N2O2/c1-10-14(11(2)19)9-17-16(18-10)13-7-8-20-15-6-4-3-5-12(13)15/h3-6,9,11,13,19H,7-8H2,1-2H3/t11-,13?/m0/s1. The number of rotatable bonds is 2. The van der Waals surface area contributed by atoms with Crippen molar-refractivity contribution in [2.45, 2.75) is 32.3 Å². The summed E-state index contributed by atoms with van der Waals surface area (Å²) >= 11 is 0. The third-order valence-corrected chi connectivity index (χ3v) is 3.76. The topological polar surface area (TPSA) is 55.2 Å². The molecule has 2 heterocycles. The average molecular weight is 270 g/mol. The molecule has 4 nitrogen and oxygen atoms in total. The van der Waals surface area contributed by atoms with Gasteiger partial charge in [0.25, 0.3) is 0 Å². The highest BCUT2D eigenvalue weighted by Crippen LogP contribution is 2.36. The van der Waals surface area contributed by atoms with Crippen LogP contribution in [0.3, 0.4) is 0 Å². The van der Waals surface area contributed by atoms with Gasteiger partial charge in [-0.3, -0.25) is 0 Å². The van der Waals surface area contributed by atoms with Crippen LogP contribution in [0.2, 0.25) is 0 Å². The first kappa shape index (κ1) is 13.1. The number of hydrogen-bond donors (Lipinski definition) is 1. The SMILES string of the molecule is Cc1nc(C2CCOc3ccccc32)ncc1[C@H](C)O. The van der Waals surface area contributed by atoms with E-state index in [-0.39, 0.29) is 5.92 Å². The van der Waals surface area contributed by atoms with Crippen LogP contribution in [0.4, 0.5) is 0 Å². The van der Waals surface area contributed by atoms with E-state index in [9.17, 15) is 5.11 Å². The van der Waals surface area contributed by atoms with Gasteiger partial charge in [0.05, 0.1) is 18.6 Å². The molecule has 104 valence electrons. The van der Waals surface area contributed by atoms with E-state index in [2.05, 4.69) is 16.0 Å². The molecule has 2 atom stereocenters. The van der Waals surface area contributed by atoms with Gasteiger partial charge in [-0.15, -0.1) is 0 Å². The first-order valence-electron chi connectivity index (χ1n) is 6.90. The maximum absolute atomic E-state index is 9.66. The second kappa shape index (κ2) is 5.21. The third-order valence-electron chi connectivity index (χ3n) is 3.76. The van der Waals surface area contributed by atoms with E-state index in [4.69, 9.17) is 4.74 Å². The first-order chi connectivity index (χ1) is 9.66. The highest BCUT2D eigenvalue weighted by molar-refractivity contribution is 5.41. The molecule has 1 aromatic heterocycles. The van der Waals surface area contributed by atoms with Crippen LogP contribution in [0.5, 0.6) is 5.75 Å². The highest BCUT2D eigenvalue weighted by Gasteiger charge is 2.25. The largest absolute Gasteiger partial charge is 0.493 e. The van der Waals surface area contributed by atoms with E-state index in [1.54, 1.807) is 13.1 Å². The summed E-state index contributed by atoms with van der Waals surface area (Å²) in [7, 11) is 0. The van der Waals surface area contributed by atoms with Crippen molar-refractivity contribution in [3.05, 3.63) is 53.1 Å². The number of aliphatic hydroxyl groups excluding tert-OH is 1. The Hall–Kier alpha value is -1.94. The molecule has 0 radical (unpaired) electrons. The molecule has 1 aromatic carbocycles. The average Bonchev–Trinajstić information content (AvgIpc) is 2.46. The Morgan fingerprint density at radius 3 is 2.90 bits per heavy atom. The van der Waals surface area contributed by atoms with Gasteiger partial charge in [-0.05, 0) is 26.3 Å². The number of benzene rings is 1. The fraction of sp³-hybridized carbons (Fsp3) is 0.375. The molecular weight excluding hydrogens is 252 g/mol. The van der Waals surface area contributed by atoms with E-state index < -0.39 is 6.10 Å². The zero-order chi connectivity index (χ0) is 14.1. The number of aliphatic hydroxyl groups is 1. The van der Waals surface area contributed by atoms with Crippen LogP contribution in [0.15, 0.2) is 30.5 Å². The van der Waals surface area contributed by atoms with Crippen molar-refractivity contribution < 1.29 is 9.84 Å². The summed E-state index contributed by atoms with van der Waals surface area (Å²) in [5, 5.41) is 9.66. The molecule has 1 aliphatic rings. The minimum atomic E-state index is -0.536. The summed E-state index contributed by atoms with van der Waals surface area (Å²) in [5.41, 5.74) is 2.77.